The maximum atomic E-state index is 12.8. The fourth-order valence-corrected chi connectivity index (χ4v) is 7.97. The Morgan fingerprint density at radius 1 is 1.24 bits per heavy atom. The molecule has 38 heavy (non-hydrogen) atoms. The predicted molar refractivity (Wildman–Crippen MR) is 150 cm³/mol. The van der Waals surface area contributed by atoms with Crippen molar-refractivity contribution in [3.63, 3.8) is 0 Å². The molecular weight excluding hydrogens is 475 g/mol. The maximum Gasteiger partial charge on any atom is 0.488 e. The molecule has 6 nitrogen and oxygen atoms in total. The quantitative estimate of drug-likeness (QED) is 0.362. The summed E-state index contributed by atoms with van der Waals surface area (Å²) in [5.74, 6) is 2.02. The van der Waals surface area contributed by atoms with Gasteiger partial charge in [0.25, 0.3) is 0 Å². The van der Waals surface area contributed by atoms with E-state index < -0.39 is 7.12 Å². The van der Waals surface area contributed by atoms with Crippen LogP contribution in [0.4, 0.5) is 0 Å². The van der Waals surface area contributed by atoms with Crippen molar-refractivity contribution in [2.75, 3.05) is 13.2 Å². The molecular formula is C31H39BN2O4. The van der Waals surface area contributed by atoms with Crippen molar-refractivity contribution >= 4 is 29.4 Å². The number of hydrogen-bond donors (Lipinski definition) is 4. The summed E-state index contributed by atoms with van der Waals surface area (Å²) in [5.41, 5.74) is 6.79. The zero-order valence-corrected chi connectivity index (χ0v) is 22.5. The van der Waals surface area contributed by atoms with E-state index in [2.05, 4.69) is 54.6 Å². The summed E-state index contributed by atoms with van der Waals surface area (Å²) in [6.07, 6.45) is 8.49. The van der Waals surface area contributed by atoms with E-state index in [0.717, 1.165) is 45.1 Å². The largest absolute Gasteiger partial charge is 0.488 e. The molecule has 1 aliphatic heterocycles. The van der Waals surface area contributed by atoms with Crippen molar-refractivity contribution in [3.05, 3.63) is 64.8 Å². The van der Waals surface area contributed by atoms with Gasteiger partial charge >= 0.3 is 7.12 Å². The molecule has 3 aromatic rings. The third-order valence-corrected chi connectivity index (χ3v) is 9.85. The lowest BCUT2D eigenvalue weighted by Crippen LogP contribution is -2.47. The number of H-pyrrole nitrogens is 1. The smallest absolute Gasteiger partial charge is 0.423 e. The number of ether oxygens (including phenoxy) is 1. The van der Waals surface area contributed by atoms with Gasteiger partial charge in [0, 0.05) is 30.1 Å². The van der Waals surface area contributed by atoms with E-state index in [1.807, 2.05) is 12.1 Å². The van der Waals surface area contributed by atoms with E-state index in [1.54, 1.807) is 0 Å². The molecule has 3 aliphatic rings. The van der Waals surface area contributed by atoms with E-state index in [-0.39, 0.29) is 11.5 Å². The van der Waals surface area contributed by atoms with Gasteiger partial charge in [0.15, 0.2) is 0 Å². The first-order valence-corrected chi connectivity index (χ1v) is 14.3. The van der Waals surface area contributed by atoms with Crippen LogP contribution in [0.3, 0.4) is 0 Å². The summed E-state index contributed by atoms with van der Waals surface area (Å²) in [6.45, 7) is 5.79. The fourth-order valence-electron chi connectivity index (χ4n) is 7.97. The van der Waals surface area contributed by atoms with E-state index in [4.69, 9.17) is 4.74 Å². The van der Waals surface area contributed by atoms with Crippen LogP contribution in [0.5, 0.6) is 0 Å². The topological polar surface area (TPSA) is 94.6 Å². The highest BCUT2D eigenvalue weighted by Gasteiger charge is 2.55. The Kier molecular flexibility index (Phi) is 6.87. The van der Waals surface area contributed by atoms with E-state index in [0.29, 0.717) is 42.1 Å². The van der Waals surface area contributed by atoms with E-state index in [1.165, 1.54) is 33.2 Å². The lowest BCUT2D eigenvalue weighted by Gasteiger charge is -2.49. The SMILES string of the molecule is Cc1cccc2c(CCNC(=O)CC[C@@H]3CO[C@@]4(C)CCC5c6ccc(B(O)O)cc6CCC5C34)c[nH]c12. The molecule has 200 valence electrons. The average molecular weight is 514 g/mol. The van der Waals surface area contributed by atoms with Crippen molar-refractivity contribution in [1.82, 2.24) is 10.3 Å². The number of hydrogen-bond acceptors (Lipinski definition) is 4. The second-order valence-electron chi connectivity index (χ2n) is 12.0. The fraction of sp³-hybridized carbons (Fsp3) is 0.516. The monoisotopic (exact) mass is 514 g/mol. The summed E-state index contributed by atoms with van der Waals surface area (Å²) in [5, 5.41) is 23.6. The van der Waals surface area contributed by atoms with Crippen LogP contribution in [0.2, 0.25) is 0 Å². The number of carbonyl (C=O) groups excluding carboxylic acids is 1. The Balaban J connectivity index is 1.07. The molecule has 0 bridgehead atoms. The van der Waals surface area contributed by atoms with E-state index >= 15 is 0 Å². The molecule has 2 heterocycles. The van der Waals surface area contributed by atoms with Crippen LogP contribution in [0.25, 0.3) is 10.9 Å². The zero-order valence-electron chi connectivity index (χ0n) is 22.5. The number of benzene rings is 2. The normalized spacial score (nSPS) is 28.0. The number of carbonyl (C=O) groups is 1. The molecule has 1 aromatic heterocycles. The van der Waals surface area contributed by atoms with Crippen LogP contribution in [0.1, 0.15) is 67.2 Å². The number of rotatable bonds is 7. The van der Waals surface area contributed by atoms with Gasteiger partial charge in [-0.05, 0) is 104 Å². The number of aryl methyl sites for hydroxylation is 2. The Labute approximate surface area is 225 Å². The number of nitrogens with one attached hydrogen (secondary N) is 2. The maximum absolute atomic E-state index is 12.8. The van der Waals surface area contributed by atoms with Crippen LogP contribution in [0, 0.1) is 24.7 Å². The second-order valence-corrected chi connectivity index (χ2v) is 12.0. The van der Waals surface area contributed by atoms with Crippen molar-refractivity contribution in [3.8, 4) is 0 Å². The summed E-state index contributed by atoms with van der Waals surface area (Å²) >= 11 is 0. The second kappa shape index (κ2) is 10.2. The molecule has 7 heteroatoms. The first-order chi connectivity index (χ1) is 18.3. The highest BCUT2D eigenvalue weighted by atomic mass is 16.5. The number of para-hydroxylation sites is 1. The van der Waals surface area contributed by atoms with Crippen LogP contribution in [-0.2, 0) is 22.4 Å². The zero-order chi connectivity index (χ0) is 26.4. The Hall–Kier alpha value is -2.61. The number of aromatic nitrogens is 1. The molecule has 2 aliphatic carbocycles. The van der Waals surface area contributed by atoms with Crippen molar-refractivity contribution in [1.29, 1.82) is 0 Å². The van der Waals surface area contributed by atoms with Gasteiger partial charge in [-0.15, -0.1) is 0 Å². The summed E-state index contributed by atoms with van der Waals surface area (Å²) < 4.78 is 6.46. The summed E-state index contributed by atoms with van der Waals surface area (Å²) in [6, 6.07) is 12.3. The molecule has 1 amide bonds. The highest BCUT2D eigenvalue weighted by Crippen LogP contribution is 2.58. The van der Waals surface area contributed by atoms with Gasteiger partial charge in [-0.3, -0.25) is 4.79 Å². The Morgan fingerprint density at radius 2 is 2.11 bits per heavy atom. The first-order valence-electron chi connectivity index (χ1n) is 14.3. The van der Waals surface area contributed by atoms with Gasteiger partial charge in [0.05, 0.1) is 12.2 Å². The third-order valence-electron chi connectivity index (χ3n) is 9.85. The number of aromatic amines is 1. The van der Waals surface area contributed by atoms with Crippen molar-refractivity contribution < 1.29 is 19.6 Å². The van der Waals surface area contributed by atoms with E-state index in [9.17, 15) is 14.8 Å². The van der Waals surface area contributed by atoms with Crippen LogP contribution in [0.15, 0.2) is 42.6 Å². The summed E-state index contributed by atoms with van der Waals surface area (Å²) in [7, 11) is -1.42. The molecule has 2 fully saturated rings. The van der Waals surface area contributed by atoms with Crippen molar-refractivity contribution in [2.24, 2.45) is 17.8 Å². The molecule has 1 saturated carbocycles. The minimum absolute atomic E-state index is 0.103. The molecule has 6 rings (SSSR count). The van der Waals surface area contributed by atoms with Gasteiger partial charge in [0.2, 0.25) is 5.91 Å². The molecule has 2 aromatic carbocycles. The van der Waals surface area contributed by atoms with Crippen molar-refractivity contribution in [2.45, 2.75) is 70.3 Å². The average Bonchev–Trinajstić information content (AvgIpc) is 3.48. The first kappa shape index (κ1) is 25.7. The minimum Gasteiger partial charge on any atom is -0.423 e. The highest BCUT2D eigenvalue weighted by molar-refractivity contribution is 6.58. The Bertz CT molecular complexity index is 1340. The van der Waals surface area contributed by atoms with Gasteiger partial charge < -0.3 is 25.1 Å². The molecule has 3 unspecified atom stereocenters. The molecule has 0 spiro atoms. The van der Waals surface area contributed by atoms with Crippen LogP contribution in [-0.4, -0.2) is 46.8 Å². The lowest BCUT2D eigenvalue weighted by molar-refractivity contribution is -0.121. The molecule has 0 radical (unpaired) electrons. The third kappa shape index (κ3) is 4.59. The van der Waals surface area contributed by atoms with Crippen LogP contribution < -0.4 is 10.8 Å². The number of amides is 1. The van der Waals surface area contributed by atoms with Gasteiger partial charge in [-0.2, -0.15) is 0 Å². The molecule has 1 saturated heterocycles. The molecule has 5 atom stereocenters. The standard InChI is InChI=1S/C31H39BN2O4/c1-19-4-3-5-25-21(17-34-30(19)25)13-15-33-28(35)11-7-22-18-38-31(2)14-12-26-24-10-8-23(32(36)37)16-20(24)6-9-27(26)29(22)31/h3-5,8,10,16-17,22,26-27,29,34,36-37H,6-7,9,11-15,18H2,1-2H3,(H,33,35)/t22-,26?,27?,29?,31+/m1/s1. The minimum atomic E-state index is -1.42. The number of fused-ring (bicyclic) bond motifs is 6. The van der Waals surface area contributed by atoms with Crippen LogP contribution >= 0.6 is 0 Å². The van der Waals surface area contributed by atoms with Gasteiger partial charge in [-0.1, -0.05) is 36.4 Å². The van der Waals surface area contributed by atoms with Gasteiger partial charge in [0.1, 0.15) is 0 Å². The Morgan fingerprint density at radius 3 is 2.95 bits per heavy atom. The lowest BCUT2D eigenvalue weighted by atomic mass is 9.56. The predicted octanol–water partition coefficient (Wildman–Crippen LogP) is 3.76. The molecule has 4 N–H and O–H groups in total. The van der Waals surface area contributed by atoms with Gasteiger partial charge in [-0.25, -0.2) is 0 Å². The summed E-state index contributed by atoms with van der Waals surface area (Å²) in [4.78, 5) is 16.2.